The van der Waals surface area contributed by atoms with Crippen molar-refractivity contribution in [1.29, 1.82) is 0 Å². The van der Waals surface area contributed by atoms with Gasteiger partial charge in [0.05, 0.1) is 0 Å². The zero-order valence-corrected chi connectivity index (χ0v) is 13.5. The molecular weight excluding hydrogens is 280 g/mol. The lowest BCUT2D eigenvalue weighted by atomic mass is 9.73. The molecule has 1 amide bonds. The van der Waals surface area contributed by atoms with Gasteiger partial charge in [0.15, 0.2) is 0 Å². The Bertz CT molecular complexity index is 445. The summed E-state index contributed by atoms with van der Waals surface area (Å²) in [4.78, 5) is 13.7. The molecule has 1 aliphatic carbocycles. The van der Waals surface area contributed by atoms with Crippen molar-refractivity contribution < 1.29 is 4.79 Å². The summed E-state index contributed by atoms with van der Waals surface area (Å²) < 4.78 is 0. The van der Waals surface area contributed by atoms with E-state index in [2.05, 4.69) is 28.1 Å². The maximum atomic E-state index is 12.2. The second kappa shape index (κ2) is 6.93. The van der Waals surface area contributed by atoms with Gasteiger partial charge in [-0.15, -0.1) is 11.3 Å². The largest absolute Gasteiger partial charge is 0.355 e. The van der Waals surface area contributed by atoms with Crippen LogP contribution in [0.3, 0.4) is 0 Å². The molecule has 0 radical (unpaired) electrons. The van der Waals surface area contributed by atoms with Crippen LogP contribution in [-0.4, -0.2) is 25.0 Å². The summed E-state index contributed by atoms with van der Waals surface area (Å²) >= 11 is 1.85. The van der Waals surface area contributed by atoms with E-state index in [1.54, 1.807) is 0 Å². The SMILES string of the molecule is O=C(CC1CCCN1)NCC1(c2cccs2)CCCCC1. The number of carbonyl (C=O) groups excluding carboxylic acids is 1. The molecule has 2 heterocycles. The van der Waals surface area contributed by atoms with Crippen LogP contribution in [0.15, 0.2) is 17.5 Å². The fourth-order valence-electron chi connectivity index (χ4n) is 3.81. The molecule has 0 bridgehead atoms. The monoisotopic (exact) mass is 306 g/mol. The van der Waals surface area contributed by atoms with Crippen LogP contribution in [0, 0.1) is 0 Å². The molecule has 2 aliphatic rings. The van der Waals surface area contributed by atoms with E-state index in [0.29, 0.717) is 12.5 Å². The summed E-state index contributed by atoms with van der Waals surface area (Å²) in [5.74, 6) is 0.218. The lowest BCUT2D eigenvalue weighted by Gasteiger charge is -2.37. The summed E-state index contributed by atoms with van der Waals surface area (Å²) in [5, 5.41) is 8.80. The molecule has 2 fully saturated rings. The fourth-order valence-corrected chi connectivity index (χ4v) is 4.80. The molecule has 1 saturated carbocycles. The lowest BCUT2D eigenvalue weighted by molar-refractivity contribution is -0.121. The predicted octanol–water partition coefficient (Wildman–Crippen LogP) is 3.21. The van der Waals surface area contributed by atoms with Gasteiger partial charge in [0, 0.05) is 29.3 Å². The van der Waals surface area contributed by atoms with Crippen molar-refractivity contribution in [1.82, 2.24) is 10.6 Å². The second-order valence-corrected chi connectivity index (χ2v) is 7.54. The van der Waals surface area contributed by atoms with Crippen LogP contribution in [0.2, 0.25) is 0 Å². The number of thiophene rings is 1. The van der Waals surface area contributed by atoms with Crippen LogP contribution in [0.5, 0.6) is 0 Å². The highest BCUT2D eigenvalue weighted by atomic mass is 32.1. The fraction of sp³-hybridized carbons (Fsp3) is 0.706. The molecule has 116 valence electrons. The third-order valence-electron chi connectivity index (χ3n) is 5.07. The third-order valence-corrected chi connectivity index (χ3v) is 6.19. The molecule has 1 aromatic rings. The molecule has 21 heavy (non-hydrogen) atoms. The normalized spacial score (nSPS) is 24.9. The highest BCUT2D eigenvalue weighted by Crippen LogP contribution is 2.41. The summed E-state index contributed by atoms with van der Waals surface area (Å²) in [6.45, 7) is 1.89. The van der Waals surface area contributed by atoms with E-state index < -0.39 is 0 Å². The first-order valence-corrected chi connectivity index (χ1v) is 9.21. The third kappa shape index (κ3) is 3.67. The topological polar surface area (TPSA) is 41.1 Å². The van der Waals surface area contributed by atoms with Crippen molar-refractivity contribution in [2.45, 2.75) is 62.8 Å². The summed E-state index contributed by atoms with van der Waals surface area (Å²) in [7, 11) is 0. The Morgan fingerprint density at radius 2 is 2.19 bits per heavy atom. The minimum atomic E-state index is 0.200. The molecule has 3 rings (SSSR count). The summed E-state index contributed by atoms with van der Waals surface area (Å²) in [6, 6.07) is 4.79. The number of amides is 1. The van der Waals surface area contributed by atoms with Gasteiger partial charge in [-0.05, 0) is 43.7 Å². The van der Waals surface area contributed by atoms with Gasteiger partial charge >= 0.3 is 0 Å². The highest BCUT2D eigenvalue weighted by molar-refractivity contribution is 7.10. The highest BCUT2D eigenvalue weighted by Gasteiger charge is 2.35. The first kappa shape index (κ1) is 15.0. The van der Waals surface area contributed by atoms with Gasteiger partial charge < -0.3 is 10.6 Å². The van der Waals surface area contributed by atoms with E-state index in [1.807, 2.05) is 11.3 Å². The Labute approximate surface area is 131 Å². The molecule has 3 nitrogen and oxygen atoms in total. The Morgan fingerprint density at radius 3 is 2.86 bits per heavy atom. The van der Waals surface area contributed by atoms with Crippen LogP contribution in [-0.2, 0) is 10.2 Å². The molecular formula is C17H26N2OS. The second-order valence-electron chi connectivity index (χ2n) is 6.59. The molecule has 1 saturated heterocycles. The van der Waals surface area contributed by atoms with Crippen molar-refractivity contribution in [3.63, 3.8) is 0 Å². The summed E-state index contributed by atoms with van der Waals surface area (Å²) in [6.07, 6.45) is 9.34. The predicted molar refractivity (Wildman–Crippen MR) is 87.7 cm³/mol. The number of carbonyl (C=O) groups is 1. The van der Waals surface area contributed by atoms with Crippen molar-refractivity contribution in [3.8, 4) is 0 Å². The van der Waals surface area contributed by atoms with E-state index in [-0.39, 0.29) is 11.3 Å². The van der Waals surface area contributed by atoms with E-state index in [9.17, 15) is 4.79 Å². The number of rotatable bonds is 5. The Morgan fingerprint density at radius 1 is 1.33 bits per heavy atom. The summed E-state index contributed by atoms with van der Waals surface area (Å²) in [5.41, 5.74) is 0.200. The molecule has 0 aromatic carbocycles. The Balaban J connectivity index is 1.58. The van der Waals surface area contributed by atoms with Gasteiger partial charge in [0.1, 0.15) is 0 Å². The Hall–Kier alpha value is -0.870. The van der Waals surface area contributed by atoms with Gasteiger partial charge in [-0.25, -0.2) is 0 Å². The van der Waals surface area contributed by atoms with Gasteiger partial charge in [-0.2, -0.15) is 0 Å². The average molecular weight is 306 g/mol. The van der Waals surface area contributed by atoms with Crippen molar-refractivity contribution in [2.24, 2.45) is 0 Å². The quantitative estimate of drug-likeness (QED) is 0.877. The van der Waals surface area contributed by atoms with E-state index >= 15 is 0 Å². The van der Waals surface area contributed by atoms with Crippen LogP contribution in [0.4, 0.5) is 0 Å². The minimum Gasteiger partial charge on any atom is -0.355 e. The van der Waals surface area contributed by atoms with Crippen molar-refractivity contribution in [2.75, 3.05) is 13.1 Å². The first-order chi connectivity index (χ1) is 10.3. The maximum Gasteiger partial charge on any atom is 0.221 e. The van der Waals surface area contributed by atoms with Crippen LogP contribution < -0.4 is 10.6 Å². The number of hydrogen-bond donors (Lipinski definition) is 2. The van der Waals surface area contributed by atoms with E-state index in [4.69, 9.17) is 0 Å². The molecule has 1 aromatic heterocycles. The maximum absolute atomic E-state index is 12.2. The van der Waals surface area contributed by atoms with Crippen molar-refractivity contribution >= 4 is 17.2 Å². The van der Waals surface area contributed by atoms with Gasteiger partial charge in [0.25, 0.3) is 0 Å². The standard InChI is InChI=1S/C17H26N2OS/c20-16(12-14-6-4-10-18-14)19-13-17(8-2-1-3-9-17)15-7-5-11-21-15/h5,7,11,14,18H,1-4,6,8-10,12-13H2,(H,19,20). The van der Waals surface area contributed by atoms with E-state index in [1.165, 1.54) is 43.4 Å². The number of nitrogens with one attached hydrogen (secondary N) is 2. The molecule has 4 heteroatoms. The van der Waals surface area contributed by atoms with E-state index in [0.717, 1.165) is 19.5 Å². The number of hydrogen-bond acceptors (Lipinski definition) is 3. The van der Waals surface area contributed by atoms with Crippen LogP contribution in [0.25, 0.3) is 0 Å². The van der Waals surface area contributed by atoms with Gasteiger partial charge in [0.2, 0.25) is 5.91 Å². The minimum absolute atomic E-state index is 0.200. The lowest BCUT2D eigenvalue weighted by Crippen LogP contribution is -2.43. The average Bonchev–Trinajstić information content (AvgIpc) is 3.19. The van der Waals surface area contributed by atoms with Crippen LogP contribution in [0.1, 0.15) is 56.2 Å². The molecule has 1 aliphatic heterocycles. The molecule has 2 N–H and O–H groups in total. The van der Waals surface area contributed by atoms with Crippen LogP contribution >= 0.6 is 11.3 Å². The van der Waals surface area contributed by atoms with Gasteiger partial charge in [-0.1, -0.05) is 25.3 Å². The van der Waals surface area contributed by atoms with Gasteiger partial charge in [-0.3, -0.25) is 4.79 Å². The molecule has 1 unspecified atom stereocenters. The molecule has 1 atom stereocenters. The zero-order valence-electron chi connectivity index (χ0n) is 12.7. The Kier molecular flexibility index (Phi) is 4.96. The smallest absolute Gasteiger partial charge is 0.221 e. The first-order valence-electron chi connectivity index (χ1n) is 8.33. The molecule has 0 spiro atoms. The van der Waals surface area contributed by atoms with Crippen molar-refractivity contribution in [3.05, 3.63) is 22.4 Å². The zero-order chi connectivity index (χ0) is 14.5.